The molecule has 2 aromatic rings. The number of nitrogens with one attached hydrogen (secondary N) is 1. The summed E-state index contributed by atoms with van der Waals surface area (Å²) >= 11 is 13.6. The Morgan fingerprint density at radius 1 is 1.15 bits per heavy atom. The molecule has 0 saturated heterocycles. The number of carbonyl (C=O) groups excluding carboxylic acids is 1. The lowest BCUT2D eigenvalue weighted by Gasteiger charge is -2.17. The fraction of sp³-hybridized carbons (Fsp3) is 0.350. The first-order valence-corrected chi connectivity index (χ1v) is 10.4. The molecule has 0 radical (unpaired) electrons. The first-order chi connectivity index (χ1) is 12.5. The molecule has 0 spiro atoms. The lowest BCUT2D eigenvalue weighted by atomic mass is 10.2. The summed E-state index contributed by atoms with van der Waals surface area (Å²) in [5.74, 6) is 2.27. The maximum Gasteiger partial charge on any atom is 0.261 e. The Kier molecular flexibility index (Phi) is 8.63. The molecule has 0 aliphatic rings. The van der Waals surface area contributed by atoms with E-state index in [2.05, 4.69) is 5.32 Å². The van der Waals surface area contributed by atoms with Crippen LogP contribution in [0.15, 0.2) is 42.5 Å². The van der Waals surface area contributed by atoms with Crippen LogP contribution in [-0.2, 0) is 10.5 Å². The van der Waals surface area contributed by atoms with Gasteiger partial charge in [0.2, 0.25) is 0 Å². The molecule has 0 fully saturated rings. The van der Waals surface area contributed by atoms with E-state index in [1.807, 2.05) is 50.2 Å². The lowest BCUT2D eigenvalue weighted by molar-refractivity contribution is -0.127. The molecule has 1 atom stereocenters. The largest absolute Gasteiger partial charge is 0.481 e. The minimum absolute atomic E-state index is 0.0804. The average Bonchev–Trinajstić information content (AvgIpc) is 2.63. The third-order valence-electron chi connectivity index (χ3n) is 3.76. The van der Waals surface area contributed by atoms with Gasteiger partial charge in [0, 0.05) is 18.1 Å². The highest BCUT2D eigenvalue weighted by Gasteiger charge is 2.17. The summed E-state index contributed by atoms with van der Waals surface area (Å²) in [6.07, 6.45) is 0.147. The quantitative estimate of drug-likeness (QED) is 0.552. The summed E-state index contributed by atoms with van der Waals surface area (Å²) in [6.45, 7) is 4.56. The number of thioether (sulfide) groups is 1. The summed E-state index contributed by atoms with van der Waals surface area (Å²) in [7, 11) is 0. The van der Waals surface area contributed by atoms with Gasteiger partial charge in [0.1, 0.15) is 5.75 Å². The van der Waals surface area contributed by atoms with Crippen molar-refractivity contribution in [2.75, 3.05) is 12.3 Å². The molecule has 3 nitrogen and oxygen atoms in total. The molecule has 140 valence electrons. The first kappa shape index (κ1) is 20.9. The Balaban J connectivity index is 1.70. The highest BCUT2D eigenvalue weighted by atomic mass is 35.5. The molecular formula is C20H23Cl2NO2S. The Bertz CT molecular complexity index is 722. The van der Waals surface area contributed by atoms with Crippen molar-refractivity contribution >= 4 is 40.9 Å². The topological polar surface area (TPSA) is 38.3 Å². The van der Waals surface area contributed by atoms with E-state index in [0.717, 1.165) is 22.6 Å². The minimum atomic E-state index is -0.474. The number of hydrogen-bond donors (Lipinski definition) is 1. The molecule has 1 N–H and O–H groups in total. The molecule has 26 heavy (non-hydrogen) atoms. The van der Waals surface area contributed by atoms with Crippen LogP contribution in [-0.4, -0.2) is 24.3 Å². The van der Waals surface area contributed by atoms with Crippen molar-refractivity contribution in [3.05, 3.63) is 63.6 Å². The number of benzene rings is 2. The van der Waals surface area contributed by atoms with Crippen molar-refractivity contribution in [1.29, 1.82) is 0 Å². The number of aryl methyl sites for hydroxylation is 1. The second-order valence-electron chi connectivity index (χ2n) is 5.92. The lowest BCUT2D eigenvalue weighted by Crippen LogP contribution is -2.39. The van der Waals surface area contributed by atoms with Crippen LogP contribution in [0.4, 0.5) is 0 Å². The second-order valence-corrected chi connectivity index (χ2v) is 7.84. The minimum Gasteiger partial charge on any atom is -0.481 e. The highest BCUT2D eigenvalue weighted by Crippen LogP contribution is 2.24. The van der Waals surface area contributed by atoms with E-state index in [-0.39, 0.29) is 5.91 Å². The maximum absolute atomic E-state index is 12.3. The van der Waals surface area contributed by atoms with Crippen LogP contribution < -0.4 is 10.1 Å². The zero-order chi connectivity index (χ0) is 18.9. The number of amides is 1. The number of rotatable bonds is 9. The van der Waals surface area contributed by atoms with Crippen molar-refractivity contribution in [1.82, 2.24) is 5.32 Å². The third kappa shape index (κ3) is 6.75. The van der Waals surface area contributed by atoms with Crippen molar-refractivity contribution in [2.24, 2.45) is 0 Å². The summed E-state index contributed by atoms with van der Waals surface area (Å²) in [5.41, 5.74) is 2.28. The third-order valence-corrected chi connectivity index (χ3v) is 5.53. The standard InChI is InChI=1S/C20H23Cl2NO2S/c1-3-19(25-16-7-4-14(2)5-8-16)20(24)23-10-11-26-13-15-6-9-17(21)18(22)12-15/h4-9,12,19H,3,10-11,13H2,1-2H3,(H,23,24)/t19-/m1/s1. The first-order valence-electron chi connectivity index (χ1n) is 8.52. The van der Waals surface area contributed by atoms with Gasteiger partial charge in [0.05, 0.1) is 10.0 Å². The predicted molar refractivity (Wildman–Crippen MR) is 112 cm³/mol. The smallest absolute Gasteiger partial charge is 0.261 e. The van der Waals surface area contributed by atoms with Gasteiger partial charge in [-0.1, -0.05) is 53.9 Å². The average molecular weight is 412 g/mol. The van der Waals surface area contributed by atoms with E-state index < -0.39 is 6.10 Å². The summed E-state index contributed by atoms with van der Waals surface area (Å²) in [4.78, 5) is 12.3. The zero-order valence-electron chi connectivity index (χ0n) is 14.9. The van der Waals surface area contributed by atoms with Gasteiger partial charge in [-0.3, -0.25) is 4.79 Å². The molecule has 0 heterocycles. The fourth-order valence-electron chi connectivity index (χ4n) is 2.28. The maximum atomic E-state index is 12.3. The van der Waals surface area contributed by atoms with E-state index in [1.165, 1.54) is 0 Å². The van der Waals surface area contributed by atoms with Crippen LogP contribution in [0.2, 0.25) is 10.0 Å². The Hall–Kier alpha value is -1.36. The molecule has 0 unspecified atom stereocenters. The van der Waals surface area contributed by atoms with Gasteiger partial charge >= 0.3 is 0 Å². The summed E-state index contributed by atoms with van der Waals surface area (Å²) < 4.78 is 5.79. The Labute approximate surface area is 169 Å². The van der Waals surface area contributed by atoms with Crippen LogP contribution in [0.5, 0.6) is 5.75 Å². The number of ether oxygens (including phenoxy) is 1. The molecule has 0 aliphatic carbocycles. The Morgan fingerprint density at radius 2 is 1.88 bits per heavy atom. The zero-order valence-corrected chi connectivity index (χ0v) is 17.3. The summed E-state index contributed by atoms with van der Waals surface area (Å²) in [5, 5.41) is 4.07. The van der Waals surface area contributed by atoms with Crippen molar-refractivity contribution in [3.8, 4) is 5.75 Å². The van der Waals surface area contributed by atoms with Gasteiger partial charge in [-0.05, 0) is 43.2 Å². The van der Waals surface area contributed by atoms with Crippen molar-refractivity contribution < 1.29 is 9.53 Å². The molecule has 0 aromatic heterocycles. The van der Waals surface area contributed by atoms with Crippen LogP contribution in [0.1, 0.15) is 24.5 Å². The number of halogens is 2. The van der Waals surface area contributed by atoms with Crippen LogP contribution in [0.3, 0.4) is 0 Å². The van der Waals surface area contributed by atoms with Crippen molar-refractivity contribution in [2.45, 2.75) is 32.1 Å². The van der Waals surface area contributed by atoms with Gasteiger partial charge < -0.3 is 10.1 Å². The number of carbonyl (C=O) groups is 1. The van der Waals surface area contributed by atoms with Crippen LogP contribution in [0, 0.1) is 6.92 Å². The second kappa shape index (κ2) is 10.7. The van der Waals surface area contributed by atoms with Gasteiger partial charge in [-0.2, -0.15) is 11.8 Å². The van der Waals surface area contributed by atoms with E-state index in [1.54, 1.807) is 17.8 Å². The normalized spacial score (nSPS) is 11.8. The van der Waals surface area contributed by atoms with Crippen molar-refractivity contribution in [3.63, 3.8) is 0 Å². The predicted octanol–water partition coefficient (Wildman–Crippen LogP) is 5.51. The van der Waals surface area contributed by atoms with Gasteiger partial charge in [-0.15, -0.1) is 0 Å². The number of hydrogen-bond acceptors (Lipinski definition) is 3. The van der Waals surface area contributed by atoms with E-state index in [0.29, 0.717) is 28.8 Å². The highest BCUT2D eigenvalue weighted by molar-refractivity contribution is 7.98. The molecule has 2 rings (SSSR count). The molecule has 0 aliphatic heterocycles. The molecule has 0 saturated carbocycles. The SMILES string of the molecule is CC[C@@H](Oc1ccc(C)cc1)C(=O)NCCSCc1ccc(Cl)c(Cl)c1. The summed E-state index contributed by atoms with van der Waals surface area (Å²) in [6, 6.07) is 13.4. The Morgan fingerprint density at radius 3 is 2.54 bits per heavy atom. The fourth-order valence-corrected chi connectivity index (χ4v) is 3.41. The van der Waals surface area contributed by atoms with E-state index in [4.69, 9.17) is 27.9 Å². The molecule has 2 aromatic carbocycles. The molecule has 1 amide bonds. The van der Waals surface area contributed by atoms with E-state index >= 15 is 0 Å². The molecular weight excluding hydrogens is 389 g/mol. The monoisotopic (exact) mass is 411 g/mol. The van der Waals surface area contributed by atoms with Gasteiger partial charge in [0.25, 0.3) is 5.91 Å². The molecule has 0 bridgehead atoms. The van der Waals surface area contributed by atoms with Gasteiger partial charge in [0.15, 0.2) is 6.10 Å². The van der Waals surface area contributed by atoms with Gasteiger partial charge in [-0.25, -0.2) is 0 Å². The van der Waals surface area contributed by atoms with Crippen LogP contribution >= 0.6 is 35.0 Å². The molecule has 6 heteroatoms. The van der Waals surface area contributed by atoms with E-state index in [9.17, 15) is 4.79 Å². The van der Waals surface area contributed by atoms with Crippen LogP contribution in [0.25, 0.3) is 0 Å².